The van der Waals surface area contributed by atoms with Gasteiger partial charge in [-0.05, 0) is 25.3 Å². The summed E-state index contributed by atoms with van der Waals surface area (Å²) >= 11 is 1.47. The second-order valence-electron chi connectivity index (χ2n) is 3.84. The zero-order chi connectivity index (χ0) is 11.8. The molecule has 0 unspecified atom stereocenters. The second kappa shape index (κ2) is 3.88. The molecule has 2 rings (SSSR count). The van der Waals surface area contributed by atoms with E-state index in [0.29, 0.717) is 17.4 Å². The third-order valence-corrected chi connectivity index (χ3v) is 3.28. The molecule has 0 aliphatic carbocycles. The number of methoxy groups -OCH3 is 1. The highest BCUT2D eigenvalue weighted by molar-refractivity contribution is 7.14. The third-order valence-electron chi connectivity index (χ3n) is 2.36. The van der Waals surface area contributed by atoms with Crippen molar-refractivity contribution in [2.24, 2.45) is 0 Å². The first-order valence-electron chi connectivity index (χ1n) is 4.77. The molecule has 2 aromatic heterocycles. The van der Waals surface area contributed by atoms with E-state index in [1.165, 1.54) is 11.3 Å². The van der Waals surface area contributed by atoms with Crippen LogP contribution < -0.4 is 5.73 Å². The van der Waals surface area contributed by atoms with Gasteiger partial charge in [0.1, 0.15) is 10.5 Å². The number of rotatable bonds is 3. The Bertz CT molecular complexity index is 490. The summed E-state index contributed by atoms with van der Waals surface area (Å²) in [5.74, 6) is 0.949. The van der Waals surface area contributed by atoms with Gasteiger partial charge in [0.2, 0.25) is 5.82 Å². The van der Waals surface area contributed by atoms with Crippen LogP contribution in [-0.2, 0) is 10.3 Å². The maximum absolute atomic E-state index is 5.77. The Morgan fingerprint density at radius 1 is 1.50 bits per heavy atom. The highest BCUT2D eigenvalue weighted by Gasteiger charge is 2.27. The summed E-state index contributed by atoms with van der Waals surface area (Å²) in [7, 11) is 1.61. The standard InChI is InChI=1S/C10H13N3O2S/c1-10(2,14-3)9-12-8(15-13-9)7-6(11)4-5-16-7/h4-5H,11H2,1-3H3. The number of anilines is 1. The number of hydrogen-bond acceptors (Lipinski definition) is 6. The van der Waals surface area contributed by atoms with Crippen molar-refractivity contribution in [2.45, 2.75) is 19.4 Å². The summed E-state index contributed by atoms with van der Waals surface area (Å²) in [5, 5.41) is 5.78. The van der Waals surface area contributed by atoms with E-state index in [2.05, 4.69) is 10.1 Å². The van der Waals surface area contributed by atoms with Gasteiger partial charge in [-0.2, -0.15) is 4.98 Å². The molecule has 86 valence electrons. The van der Waals surface area contributed by atoms with Crippen LogP contribution in [0.3, 0.4) is 0 Å². The van der Waals surface area contributed by atoms with Crippen molar-refractivity contribution >= 4 is 17.0 Å². The van der Waals surface area contributed by atoms with E-state index in [4.69, 9.17) is 15.0 Å². The van der Waals surface area contributed by atoms with Gasteiger partial charge in [-0.15, -0.1) is 11.3 Å². The Labute approximate surface area is 97.2 Å². The molecule has 0 fully saturated rings. The van der Waals surface area contributed by atoms with Crippen molar-refractivity contribution in [3.63, 3.8) is 0 Å². The fourth-order valence-corrected chi connectivity index (χ4v) is 1.88. The fourth-order valence-electron chi connectivity index (χ4n) is 1.14. The van der Waals surface area contributed by atoms with Crippen LogP contribution in [0.5, 0.6) is 0 Å². The quantitative estimate of drug-likeness (QED) is 0.889. The SMILES string of the molecule is COC(C)(C)c1noc(-c2sccc2N)n1. The molecule has 0 spiro atoms. The minimum absolute atomic E-state index is 0.438. The van der Waals surface area contributed by atoms with Gasteiger partial charge in [0, 0.05) is 7.11 Å². The minimum atomic E-state index is -0.562. The second-order valence-corrected chi connectivity index (χ2v) is 4.76. The Morgan fingerprint density at radius 2 is 2.25 bits per heavy atom. The first-order chi connectivity index (χ1) is 7.54. The number of nitrogens with two attached hydrogens (primary N) is 1. The average Bonchev–Trinajstić information content (AvgIpc) is 2.85. The summed E-state index contributed by atoms with van der Waals surface area (Å²) in [6.45, 7) is 3.75. The van der Waals surface area contributed by atoms with Gasteiger partial charge >= 0.3 is 0 Å². The van der Waals surface area contributed by atoms with Crippen molar-refractivity contribution in [2.75, 3.05) is 12.8 Å². The van der Waals surface area contributed by atoms with Crippen molar-refractivity contribution in [3.05, 3.63) is 17.3 Å². The van der Waals surface area contributed by atoms with E-state index in [-0.39, 0.29) is 0 Å². The lowest BCUT2D eigenvalue weighted by molar-refractivity contribution is 0.00973. The molecule has 6 heteroatoms. The molecular weight excluding hydrogens is 226 g/mol. The van der Waals surface area contributed by atoms with E-state index >= 15 is 0 Å². The van der Waals surface area contributed by atoms with E-state index < -0.39 is 5.60 Å². The first-order valence-corrected chi connectivity index (χ1v) is 5.65. The summed E-state index contributed by atoms with van der Waals surface area (Å²) < 4.78 is 10.4. The number of nitrogens with zero attached hydrogens (tertiary/aromatic N) is 2. The molecule has 2 aromatic rings. The molecule has 2 heterocycles. The lowest BCUT2D eigenvalue weighted by Gasteiger charge is -2.17. The van der Waals surface area contributed by atoms with E-state index in [0.717, 1.165) is 4.88 Å². The monoisotopic (exact) mass is 239 g/mol. The molecule has 0 saturated carbocycles. The highest BCUT2D eigenvalue weighted by Crippen LogP contribution is 2.31. The summed E-state index contributed by atoms with van der Waals surface area (Å²) in [6, 6.07) is 1.81. The van der Waals surface area contributed by atoms with Crippen LogP contribution in [0.4, 0.5) is 5.69 Å². The normalized spacial score (nSPS) is 11.9. The predicted molar refractivity (Wildman–Crippen MR) is 62.1 cm³/mol. The Hall–Kier alpha value is -1.40. The third kappa shape index (κ3) is 1.81. The van der Waals surface area contributed by atoms with Crippen LogP contribution in [0.25, 0.3) is 10.8 Å². The van der Waals surface area contributed by atoms with Gasteiger partial charge in [-0.25, -0.2) is 0 Å². The molecule has 2 N–H and O–H groups in total. The summed E-state index contributed by atoms with van der Waals surface area (Å²) in [6.07, 6.45) is 0. The van der Waals surface area contributed by atoms with Gasteiger partial charge in [0.25, 0.3) is 5.89 Å². The molecule has 0 bridgehead atoms. The van der Waals surface area contributed by atoms with Crippen molar-refractivity contribution in [1.29, 1.82) is 0 Å². The van der Waals surface area contributed by atoms with Crippen molar-refractivity contribution in [3.8, 4) is 10.8 Å². The maximum Gasteiger partial charge on any atom is 0.270 e. The van der Waals surface area contributed by atoms with Crippen LogP contribution in [0.2, 0.25) is 0 Å². The molecule has 16 heavy (non-hydrogen) atoms. The zero-order valence-electron chi connectivity index (χ0n) is 9.35. The topological polar surface area (TPSA) is 74.2 Å². The van der Waals surface area contributed by atoms with Crippen LogP contribution in [-0.4, -0.2) is 17.3 Å². The lowest BCUT2D eigenvalue weighted by Crippen LogP contribution is -2.21. The first kappa shape index (κ1) is 11.1. The van der Waals surface area contributed by atoms with Crippen molar-refractivity contribution in [1.82, 2.24) is 10.1 Å². The fraction of sp³-hybridized carbons (Fsp3) is 0.400. The molecule has 0 aromatic carbocycles. The Kier molecular flexibility index (Phi) is 2.69. The van der Waals surface area contributed by atoms with Crippen molar-refractivity contribution < 1.29 is 9.26 Å². The lowest BCUT2D eigenvalue weighted by atomic mass is 10.1. The number of ether oxygens (including phenoxy) is 1. The van der Waals surface area contributed by atoms with Gasteiger partial charge in [0.15, 0.2) is 0 Å². The molecule has 0 aliphatic rings. The van der Waals surface area contributed by atoms with E-state index in [9.17, 15) is 0 Å². The molecule has 0 radical (unpaired) electrons. The van der Waals surface area contributed by atoms with Crippen LogP contribution in [0.1, 0.15) is 19.7 Å². The predicted octanol–water partition coefficient (Wildman–Crippen LogP) is 2.26. The van der Waals surface area contributed by atoms with Gasteiger partial charge in [-0.3, -0.25) is 0 Å². The van der Waals surface area contributed by atoms with Crippen LogP contribution >= 0.6 is 11.3 Å². The minimum Gasteiger partial charge on any atom is -0.397 e. The van der Waals surface area contributed by atoms with Crippen LogP contribution in [0, 0.1) is 0 Å². The van der Waals surface area contributed by atoms with Gasteiger partial charge < -0.3 is 15.0 Å². The average molecular weight is 239 g/mol. The Morgan fingerprint density at radius 3 is 2.81 bits per heavy atom. The van der Waals surface area contributed by atoms with Gasteiger partial charge in [0.05, 0.1) is 5.69 Å². The van der Waals surface area contributed by atoms with Crippen LogP contribution in [0.15, 0.2) is 16.0 Å². The smallest absolute Gasteiger partial charge is 0.270 e. The van der Waals surface area contributed by atoms with Gasteiger partial charge in [-0.1, -0.05) is 5.16 Å². The largest absolute Gasteiger partial charge is 0.397 e. The molecular formula is C10H13N3O2S. The summed E-state index contributed by atoms with van der Waals surface area (Å²) in [5.41, 5.74) is 5.86. The molecule has 0 saturated heterocycles. The highest BCUT2D eigenvalue weighted by atomic mass is 32.1. The maximum atomic E-state index is 5.77. The molecule has 0 aliphatic heterocycles. The molecule has 5 nitrogen and oxygen atoms in total. The molecule has 0 atom stereocenters. The number of nitrogen functional groups attached to an aromatic ring is 1. The number of thiophene rings is 1. The number of aromatic nitrogens is 2. The van der Waals surface area contributed by atoms with E-state index in [1.807, 2.05) is 25.3 Å². The Balaban J connectivity index is 2.37. The summed E-state index contributed by atoms with van der Waals surface area (Å²) in [4.78, 5) is 5.08. The molecule has 0 amide bonds. The number of hydrogen-bond donors (Lipinski definition) is 1. The zero-order valence-corrected chi connectivity index (χ0v) is 10.2. The van der Waals surface area contributed by atoms with E-state index in [1.54, 1.807) is 7.11 Å².